The summed E-state index contributed by atoms with van der Waals surface area (Å²) in [6.07, 6.45) is 5.20. The lowest BCUT2D eigenvalue weighted by molar-refractivity contribution is 0.102. The molecule has 0 bridgehead atoms. The minimum Gasteiger partial charge on any atom is -0.322 e. The largest absolute Gasteiger partial charge is 0.322 e. The van der Waals surface area contributed by atoms with E-state index in [0.717, 1.165) is 22.4 Å². The molecular weight excluding hydrogens is 402 g/mol. The molecule has 2 aromatic heterocycles. The first-order valence-corrected chi connectivity index (χ1v) is 10.1. The molecular formula is C24H19N7O. The first-order valence-electron chi connectivity index (χ1n) is 10.1. The second kappa shape index (κ2) is 8.65. The topological polar surface area (TPSA) is 90.5 Å². The Morgan fingerprint density at radius 2 is 1.81 bits per heavy atom. The number of hydrogen-bond acceptors (Lipinski definition) is 5. The van der Waals surface area contributed by atoms with Crippen molar-refractivity contribution in [3.63, 3.8) is 0 Å². The molecule has 0 fully saturated rings. The van der Waals surface area contributed by atoms with E-state index in [1.807, 2.05) is 77.6 Å². The van der Waals surface area contributed by atoms with Crippen LogP contribution in [0.3, 0.4) is 0 Å². The molecule has 0 atom stereocenters. The maximum absolute atomic E-state index is 13.1. The summed E-state index contributed by atoms with van der Waals surface area (Å²) < 4.78 is 3.41. The molecule has 0 unspecified atom stereocenters. The third-order valence-corrected chi connectivity index (χ3v) is 5.06. The van der Waals surface area contributed by atoms with Crippen LogP contribution in [0.1, 0.15) is 15.9 Å². The predicted molar refractivity (Wildman–Crippen MR) is 120 cm³/mol. The maximum atomic E-state index is 13.1. The van der Waals surface area contributed by atoms with Crippen molar-refractivity contribution in [2.45, 2.75) is 6.54 Å². The molecule has 0 spiro atoms. The summed E-state index contributed by atoms with van der Waals surface area (Å²) in [5, 5.41) is 18.4. The van der Waals surface area contributed by atoms with Crippen LogP contribution in [-0.2, 0) is 6.54 Å². The highest BCUT2D eigenvalue weighted by atomic mass is 16.1. The van der Waals surface area contributed by atoms with Crippen LogP contribution in [0.4, 0.5) is 5.69 Å². The Morgan fingerprint density at radius 1 is 0.938 bits per heavy atom. The molecule has 8 nitrogen and oxygen atoms in total. The standard InChI is InChI=1S/C24H19N7O/c32-24(27-20-5-3-6-21(15-20)31-17-25-28-29-31)23-8-2-1-7-22(23)19-11-9-18(10-12-19)16-30-14-4-13-26-30/h1-15,17H,16H2,(H,27,32). The zero-order valence-electron chi connectivity index (χ0n) is 17.0. The van der Waals surface area contributed by atoms with Gasteiger partial charge in [0.2, 0.25) is 0 Å². The van der Waals surface area contributed by atoms with Gasteiger partial charge in [-0.05, 0) is 57.4 Å². The second-order valence-electron chi connectivity index (χ2n) is 7.20. The Morgan fingerprint density at radius 3 is 2.59 bits per heavy atom. The van der Waals surface area contributed by atoms with Gasteiger partial charge < -0.3 is 5.32 Å². The first-order chi connectivity index (χ1) is 15.8. The Kier molecular flexibility index (Phi) is 5.24. The molecule has 0 saturated heterocycles. The molecule has 0 radical (unpaired) electrons. The third-order valence-electron chi connectivity index (χ3n) is 5.06. The number of amides is 1. The van der Waals surface area contributed by atoms with Crippen LogP contribution in [0.5, 0.6) is 0 Å². The van der Waals surface area contributed by atoms with E-state index in [9.17, 15) is 4.79 Å². The fourth-order valence-corrected chi connectivity index (χ4v) is 3.51. The fourth-order valence-electron chi connectivity index (χ4n) is 3.51. The van der Waals surface area contributed by atoms with Crippen LogP contribution in [-0.4, -0.2) is 35.9 Å². The molecule has 0 aliphatic heterocycles. The van der Waals surface area contributed by atoms with Crippen LogP contribution in [0.2, 0.25) is 0 Å². The van der Waals surface area contributed by atoms with Gasteiger partial charge in [0.05, 0.1) is 12.2 Å². The van der Waals surface area contributed by atoms with E-state index >= 15 is 0 Å². The molecule has 156 valence electrons. The van der Waals surface area contributed by atoms with E-state index in [1.165, 1.54) is 11.0 Å². The number of benzene rings is 3. The van der Waals surface area contributed by atoms with Crippen molar-refractivity contribution in [1.29, 1.82) is 0 Å². The summed E-state index contributed by atoms with van der Waals surface area (Å²) in [4.78, 5) is 13.1. The second-order valence-corrected chi connectivity index (χ2v) is 7.20. The van der Waals surface area contributed by atoms with Crippen LogP contribution < -0.4 is 5.32 Å². The number of tetrazole rings is 1. The molecule has 0 saturated carbocycles. The Bertz CT molecular complexity index is 1330. The van der Waals surface area contributed by atoms with Gasteiger partial charge >= 0.3 is 0 Å². The summed E-state index contributed by atoms with van der Waals surface area (Å²) in [6, 6.07) is 25.0. The lowest BCUT2D eigenvalue weighted by Crippen LogP contribution is -2.13. The monoisotopic (exact) mass is 421 g/mol. The van der Waals surface area contributed by atoms with Gasteiger partial charge in [-0.25, -0.2) is 4.68 Å². The van der Waals surface area contributed by atoms with Crippen LogP contribution in [0.15, 0.2) is 97.6 Å². The average molecular weight is 421 g/mol. The lowest BCUT2D eigenvalue weighted by Gasteiger charge is -2.12. The van der Waals surface area contributed by atoms with E-state index in [1.54, 1.807) is 6.20 Å². The number of carbonyl (C=O) groups excluding carboxylic acids is 1. The molecule has 8 heteroatoms. The SMILES string of the molecule is O=C(Nc1cccc(-n2cnnn2)c1)c1ccccc1-c1ccc(Cn2cccn2)cc1. The van der Waals surface area contributed by atoms with Crippen molar-refractivity contribution in [3.8, 4) is 16.8 Å². The van der Waals surface area contributed by atoms with Crippen LogP contribution in [0.25, 0.3) is 16.8 Å². The summed E-state index contributed by atoms with van der Waals surface area (Å²) in [5.74, 6) is -0.185. The van der Waals surface area contributed by atoms with Gasteiger partial charge in [-0.2, -0.15) is 5.10 Å². The Balaban J connectivity index is 1.37. The van der Waals surface area contributed by atoms with Crippen LogP contribution >= 0.6 is 0 Å². The quantitative estimate of drug-likeness (QED) is 0.450. The number of aromatic nitrogens is 6. The molecule has 0 aliphatic carbocycles. The molecule has 5 aromatic rings. The van der Waals surface area contributed by atoms with Gasteiger partial charge in [-0.15, -0.1) is 5.10 Å². The summed E-state index contributed by atoms with van der Waals surface area (Å²) >= 11 is 0. The van der Waals surface area contributed by atoms with Crippen molar-refractivity contribution in [3.05, 3.63) is 109 Å². The van der Waals surface area contributed by atoms with Gasteiger partial charge in [-0.1, -0.05) is 48.5 Å². The summed E-state index contributed by atoms with van der Waals surface area (Å²) in [5.41, 5.74) is 5.00. The van der Waals surface area contributed by atoms with E-state index in [0.29, 0.717) is 17.8 Å². The molecule has 2 heterocycles. The minimum atomic E-state index is -0.185. The van der Waals surface area contributed by atoms with Gasteiger partial charge in [0.15, 0.2) is 0 Å². The zero-order valence-corrected chi connectivity index (χ0v) is 17.0. The van der Waals surface area contributed by atoms with Crippen molar-refractivity contribution >= 4 is 11.6 Å². The number of nitrogens with zero attached hydrogens (tertiary/aromatic N) is 6. The highest BCUT2D eigenvalue weighted by Crippen LogP contribution is 2.25. The average Bonchev–Trinajstić information content (AvgIpc) is 3.55. The number of hydrogen-bond donors (Lipinski definition) is 1. The molecule has 1 amide bonds. The van der Waals surface area contributed by atoms with Gasteiger partial charge in [-0.3, -0.25) is 9.48 Å². The van der Waals surface area contributed by atoms with Crippen molar-refractivity contribution in [2.75, 3.05) is 5.32 Å². The summed E-state index contributed by atoms with van der Waals surface area (Å²) in [6.45, 7) is 0.701. The number of rotatable bonds is 6. The smallest absolute Gasteiger partial charge is 0.256 e. The number of nitrogens with one attached hydrogen (secondary N) is 1. The highest BCUT2D eigenvalue weighted by Gasteiger charge is 2.13. The predicted octanol–water partition coefficient (Wildman–Crippen LogP) is 3.83. The third kappa shape index (κ3) is 4.15. The van der Waals surface area contributed by atoms with E-state index < -0.39 is 0 Å². The lowest BCUT2D eigenvalue weighted by atomic mass is 9.98. The van der Waals surface area contributed by atoms with Crippen LogP contribution in [0, 0.1) is 0 Å². The van der Waals surface area contributed by atoms with Gasteiger partial charge in [0.25, 0.3) is 5.91 Å². The number of carbonyl (C=O) groups is 1. The normalized spacial score (nSPS) is 10.8. The molecule has 3 aromatic carbocycles. The molecule has 32 heavy (non-hydrogen) atoms. The van der Waals surface area contributed by atoms with Gasteiger partial charge in [0, 0.05) is 23.6 Å². The number of anilines is 1. The van der Waals surface area contributed by atoms with Gasteiger partial charge in [0.1, 0.15) is 6.33 Å². The van der Waals surface area contributed by atoms with Crippen molar-refractivity contribution < 1.29 is 4.79 Å². The Hall–Kier alpha value is -4.59. The van der Waals surface area contributed by atoms with Crippen molar-refractivity contribution in [1.82, 2.24) is 30.0 Å². The zero-order chi connectivity index (χ0) is 21.8. The van der Waals surface area contributed by atoms with Crippen molar-refractivity contribution in [2.24, 2.45) is 0 Å². The molecule has 1 N–H and O–H groups in total. The fraction of sp³-hybridized carbons (Fsp3) is 0.0417. The van der Waals surface area contributed by atoms with E-state index in [4.69, 9.17) is 0 Å². The highest BCUT2D eigenvalue weighted by molar-refractivity contribution is 6.08. The Labute approximate surface area is 184 Å². The minimum absolute atomic E-state index is 0.185. The molecule has 5 rings (SSSR count). The van der Waals surface area contributed by atoms with E-state index in [-0.39, 0.29) is 5.91 Å². The summed E-state index contributed by atoms with van der Waals surface area (Å²) in [7, 11) is 0. The first kappa shape index (κ1) is 19.4. The van der Waals surface area contributed by atoms with E-state index in [2.05, 4.69) is 38.1 Å². The molecule has 0 aliphatic rings. The maximum Gasteiger partial charge on any atom is 0.256 e.